The van der Waals surface area contributed by atoms with Crippen LogP contribution >= 0.6 is 0 Å². The van der Waals surface area contributed by atoms with Crippen molar-refractivity contribution in [1.82, 2.24) is 9.78 Å². The number of amides is 1. The minimum Gasteiger partial charge on any atom is -0.489 e. The lowest BCUT2D eigenvalue weighted by atomic mass is 10.1. The molecular formula is C20H21N3O2. The van der Waals surface area contributed by atoms with Crippen molar-refractivity contribution in [3.05, 3.63) is 77.6 Å². The Morgan fingerprint density at radius 1 is 1.16 bits per heavy atom. The molecule has 5 heteroatoms. The van der Waals surface area contributed by atoms with Crippen LogP contribution in [0.3, 0.4) is 0 Å². The minimum absolute atomic E-state index is 0.0611. The van der Waals surface area contributed by atoms with Gasteiger partial charge in [0.1, 0.15) is 12.4 Å². The molecule has 0 saturated carbocycles. The third-order valence-corrected chi connectivity index (χ3v) is 3.84. The summed E-state index contributed by atoms with van der Waals surface area (Å²) in [4.78, 5) is 12.2. The number of anilines is 1. The quantitative estimate of drug-likeness (QED) is 0.750. The van der Waals surface area contributed by atoms with Gasteiger partial charge in [-0.1, -0.05) is 30.3 Å². The molecule has 1 amide bonds. The van der Waals surface area contributed by atoms with Gasteiger partial charge in [0.15, 0.2) is 0 Å². The zero-order valence-electron chi connectivity index (χ0n) is 14.4. The van der Waals surface area contributed by atoms with Crippen molar-refractivity contribution in [2.24, 2.45) is 7.05 Å². The highest BCUT2D eigenvalue weighted by atomic mass is 16.5. The minimum atomic E-state index is -0.0611. The number of rotatable bonds is 6. The fraction of sp³-hybridized carbons (Fsp3) is 0.200. The molecule has 5 nitrogen and oxygen atoms in total. The molecule has 1 aromatic heterocycles. The van der Waals surface area contributed by atoms with E-state index in [1.165, 1.54) is 0 Å². The maximum absolute atomic E-state index is 12.2. The van der Waals surface area contributed by atoms with E-state index >= 15 is 0 Å². The van der Waals surface area contributed by atoms with Gasteiger partial charge in [-0.3, -0.25) is 9.48 Å². The lowest BCUT2D eigenvalue weighted by Gasteiger charge is -2.11. The first-order valence-electron chi connectivity index (χ1n) is 8.15. The van der Waals surface area contributed by atoms with Gasteiger partial charge < -0.3 is 10.1 Å². The molecule has 1 N–H and O–H groups in total. The van der Waals surface area contributed by atoms with Crippen molar-refractivity contribution in [3.8, 4) is 5.75 Å². The van der Waals surface area contributed by atoms with Gasteiger partial charge in [-0.25, -0.2) is 0 Å². The van der Waals surface area contributed by atoms with Crippen molar-refractivity contribution in [3.63, 3.8) is 0 Å². The molecule has 0 saturated heterocycles. The van der Waals surface area contributed by atoms with Crippen molar-refractivity contribution >= 4 is 11.6 Å². The summed E-state index contributed by atoms with van der Waals surface area (Å²) >= 11 is 0. The zero-order chi connectivity index (χ0) is 17.6. The van der Waals surface area contributed by atoms with Crippen LogP contribution in [0.5, 0.6) is 5.75 Å². The number of hydrogen-bond donors (Lipinski definition) is 1. The largest absolute Gasteiger partial charge is 0.489 e. The highest BCUT2D eigenvalue weighted by Crippen LogP contribution is 2.22. The van der Waals surface area contributed by atoms with E-state index in [0.29, 0.717) is 13.0 Å². The maximum atomic E-state index is 12.2. The summed E-state index contributed by atoms with van der Waals surface area (Å²) in [5.74, 6) is 0.723. The molecule has 0 aliphatic heterocycles. The zero-order valence-corrected chi connectivity index (χ0v) is 14.4. The molecule has 0 bridgehead atoms. The summed E-state index contributed by atoms with van der Waals surface area (Å²) in [6.07, 6.45) is 3.85. The molecule has 0 aliphatic rings. The van der Waals surface area contributed by atoms with Gasteiger partial charge in [0.25, 0.3) is 0 Å². The number of carbonyl (C=O) groups is 1. The summed E-state index contributed by atoms with van der Waals surface area (Å²) in [7, 11) is 1.83. The molecule has 0 unspecified atom stereocenters. The SMILES string of the molecule is Cc1cc(OCc2ccccc2)ccc1NC(=O)Cc1cnn(C)c1. The van der Waals surface area contributed by atoms with E-state index in [9.17, 15) is 4.79 Å². The van der Waals surface area contributed by atoms with Crippen LogP contribution in [0.25, 0.3) is 0 Å². The molecule has 25 heavy (non-hydrogen) atoms. The van der Waals surface area contributed by atoms with Crippen LogP contribution in [0.2, 0.25) is 0 Å². The number of nitrogens with one attached hydrogen (secondary N) is 1. The monoisotopic (exact) mass is 335 g/mol. The van der Waals surface area contributed by atoms with Crippen LogP contribution in [0.15, 0.2) is 60.9 Å². The number of aryl methyl sites for hydroxylation is 2. The Hall–Kier alpha value is -3.08. The Balaban J connectivity index is 1.58. The average Bonchev–Trinajstić information content (AvgIpc) is 3.01. The lowest BCUT2D eigenvalue weighted by molar-refractivity contribution is -0.115. The Morgan fingerprint density at radius 3 is 2.64 bits per heavy atom. The average molecular weight is 335 g/mol. The summed E-state index contributed by atoms with van der Waals surface area (Å²) in [6.45, 7) is 2.47. The van der Waals surface area contributed by atoms with Crippen LogP contribution in [0.4, 0.5) is 5.69 Å². The second-order valence-electron chi connectivity index (χ2n) is 6.00. The van der Waals surface area contributed by atoms with E-state index in [1.54, 1.807) is 10.9 Å². The molecule has 0 fully saturated rings. The first kappa shape index (κ1) is 16.8. The molecule has 0 atom stereocenters. The second-order valence-corrected chi connectivity index (χ2v) is 6.00. The number of hydrogen-bond acceptors (Lipinski definition) is 3. The summed E-state index contributed by atoms with van der Waals surface area (Å²) in [6, 6.07) is 15.7. The van der Waals surface area contributed by atoms with Crippen molar-refractivity contribution in [1.29, 1.82) is 0 Å². The Kier molecular flexibility index (Phi) is 5.14. The van der Waals surface area contributed by atoms with E-state index in [1.807, 2.05) is 68.7 Å². The predicted molar refractivity (Wildman–Crippen MR) is 97.5 cm³/mol. The summed E-state index contributed by atoms with van der Waals surface area (Å²) in [5, 5.41) is 7.01. The van der Waals surface area contributed by atoms with E-state index in [-0.39, 0.29) is 5.91 Å². The fourth-order valence-corrected chi connectivity index (χ4v) is 2.55. The number of carbonyl (C=O) groups excluding carboxylic acids is 1. The van der Waals surface area contributed by atoms with E-state index in [0.717, 1.165) is 28.1 Å². The maximum Gasteiger partial charge on any atom is 0.228 e. The Bertz CT molecular complexity index is 856. The molecular weight excluding hydrogens is 314 g/mol. The van der Waals surface area contributed by atoms with Gasteiger partial charge in [-0.2, -0.15) is 5.10 Å². The van der Waals surface area contributed by atoms with E-state index in [4.69, 9.17) is 4.74 Å². The van der Waals surface area contributed by atoms with Gasteiger partial charge in [0, 0.05) is 18.9 Å². The standard InChI is InChI=1S/C20H21N3O2/c1-15-10-18(25-14-16-6-4-3-5-7-16)8-9-19(15)22-20(24)11-17-12-21-23(2)13-17/h3-10,12-13H,11,14H2,1-2H3,(H,22,24). The molecule has 2 aromatic carbocycles. The summed E-state index contributed by atoms with van der Waals surface area (Å²) in [5.41, 5.74) is 3.76. The first-order valence-corrected chi connectivity index (χ1v) is 8.15. The Labute approximate surface area is 147 Å². The van der Waals surface area contributed by atoms with Crippen LogP contribution in [-0.4, -0.2) is 15.7 Å². The van der Waals surface area contributed by atoms with Crippen LogP contribution in [0.1, 0.15) is 16.7 Å². The molecule has 0 aliphatic carbocycles. The smallest absolute Gasteiger partial charge is 0.228 e. The van der Waals surface area contributed by atoms with Crippen molar-refractivity contribution in [2.45, 2.75) is 20.0 Å². The highest BCUT2D eigenvalue weighted by molar-refractivity contribution is 5.93. The molecule has 0 spiro atoms. The summed E-state index contributed by atoms with van der Waals surface area (Å²) < 4.78 is 7.49. The van der Waals surface area contributed by atoms with E-state index in [2.05, 4.69) is 10.4 Å². The lowest BCUT2D eigenvalue weighted by Crippen LogP contribution is -2.14. The first-order chi connectivity index (χ1) is 12.1. The van der Waals surface area contributed by atoms with Crippen molar-refractivity contribution in [2.75, 3.05) is 5.32 Å². The normalized spacial score (nSPS) is 10.5. The molecule has 128 valence electrons. The van der Waals surface area contributed by atoms with Gasteiger partial charge in [0.2, 0.25) is 5.91 Å². The molecule has 0 radical (unpaired) electrons. The number of benzene rings is 2. The topological polar surface area (TPSA) is 56.1 Å². The number of nitrogens with zero attached hydrogens (tertiary/aromatic N) is 2. The van der Waals surface area contributed by atoms with E-state index < -0.39 is 0 Å². The third-order valence-electron chi connectivity index (χ3n) is 3.84. The Morgan fingerprint density at radius 2 is 1.96 bits per heavy atom. The number of ether oxygens (including phenoxy) is 1. The third kappa shape index (κ3) is 4.70. The molecule has 1 heterocycles. The predicted octanol–water partition coefficient (Wildman–Crippen LogP) is 3.49. The van der Waals surface area contributed by atoms with Gasteiger partial charge in [-0.15, -0.1) is 0 Å². The van der Waals surface area contributed by atoms with Crippen LogP contribution in [-0.2, 0) is 24.9 Å². The molecule has 3 rings (SSSR count). The van der Waals surface area contributed by atoms with Crippen LogP contribution < -0.4 is 10.1 Å². The fourth-order valence-electron chi connectivity index (χ4n) is 2.55. The molecule has 3 aromatic rings. The van der Waals surface area contributed by atoms with Gasteiger partial charge in [-0.05, 0) is 41.8 Å². The van der Waals surface area contributed by atoms with Gasteiger partial charge in [0.05, 0.1) is 12.6 Å². The highest BCUT2D eigenvalue weighted by Gasteiger charge is 2.08. The van der Waals surface area contributed by atoms with Crippen LogP contribution in [0, 0.1) is 6.92 Å². The van der Waals surface area contributed by atoms with Gasteiger partial charge >= 0.3 is 0 Å². The van der Waals surface area contributed by atoms with Crippen molar-refractivity contribution < 1.29 is 9.53 Å². The second kappa shape index (κ2) is 7.66. The number of aromatic nitrogens is 2.